The lowest BCUT2D eigenvalue weighted by molar-refractivity contribution is 1.11. The average Bonchev–Trinajstić information content (AvgIpc) is 2.19. The predicted octanol–water partition coefficient (Wildman–Crippen LogP) is 2.50. The van der Waals surface area contributed by atoms with E-state index in [1.165, 1.54) is 6.20 Å². The van der Waals surface area contributed by atoms with Crippen molar-refractivity contribution in [2.24, 2.45) is 0 Å². The number of hydrogen-bond donors (Lipinski definition) is 0. The fourth-order valence-corrected chi connectivity index (χ4v) is 1.38. The summed E-state index contributed by atoms with van der Waals surface area (Å²) in [6, 6.07) is 5.67. The van der Waals surface area contributed by atoms with Gasteiger partial charge in [0.15, 0.2) is 0 Å². The molecule has 0 aliphatic carbocycles. The fraction of sp³-hybridized carbons (Fsp3) is 0.100. The molecular formula is C10H8ClN3. The van der Waals surface area contributed by atoms with E-state index in [2.05, 4.69) is 15.0 Å². The lowest BCUT2D eigenvalue weighted by Crippen LogP contribution is -1.93. The fourth-order valence-electron chi connectivity index (χ4n) is 1.21. The van der Waals surface area contributed by atoms with Crippen molar-refractivity contribution in [1.82, 2.24) is 15.0 Å². The van der Waals surface area contributed by atoms with Crippen molar-refractivity contribution < 1.29 is 0 Å². The summed E-state index contributed by atoms with van der Waals surface area (Å²) in [5.74, 6) is 0. The van der Waals surface area contributed by atoms with Gasteiger partial charge in [-0.25, -0.2) is 9.97 Å². The first-order valence-electron chi connectivity index (χ1n) is 4.18. The number of halogens is 1. The summed E-state index contributed by atoms with van der Waals surface area (Å²) in [6.07, 6.45) is 3.25. The molecule has 0 saturated heterocycles. The Kier molecular flexibility index (Phi) is 2.41. The van der Waals surface area contributed by atoms with Gasteiger partial charge in [-0.2, -0.15) is 0 Å². The highest BCUT2D eigenvalue weighted by Crippen LogP contribution is 2.17. The molecule has 0 radical (unpaired) electrons. The monoisotopic (exact) mass is 205 g/mol. The van der Waals surface area contributed by atoms with Crippen LogP contribution in [0.2, 0.25) is 5.15 Å². The van der Waals surface area contributed by atoms with Crippen molar-refractivity contribution >= 4 is 11.6 Å². The van der Waals surface area contributed by atoms with Gasteiger partial charge in [-0.15, -0.1) is 0 Å². The number of aromatic nitrogens is 3. The van der Waals surface area contributed by atoms with Gasteiger partial charge in [0.05, 0.1) is 17.6 Å². The lowest BCUT2D eigenvalue weighted by atomic mass is 10.2. The third kappa shape index (κ3) is 1.72. The topological polar surface area (TPSA) is 38.7 Å². The highest BCUT2D eigenvalue weighted by atomic mass is 35.5. The second-order valence-corrected chi connectivity index (χ2v) is 3.23. The van der Waals surface area contributed by atoms with E-state index in [1.807, 2.05) is 25.1 Å². The number of hydrogen-bond acceptors (Lipinski definition) is 3. The summed E-state index contributed by atoms with van der Waals surface area (Å²) in [5, 5.41) is 0.405. The predicted molar refractivity (Wildman–Crippen MR) is 55.0 cm³/mol. The first-order valence-corrected chi connectivity index (χ1v) is 4.56. The van der Waals surface area contributed by atoms with Gasteiger partial charge in [-0.1, -0.05) is 17.7 Å². The molecule has 2 rings (SSSR count). The Hall–Kier alpha value is -1.48. The van der Waals surface area contributed by atoms with Crippen molar-refractivity contribution in [1.29, 1.82) is 0 Å². The van der Waals surface area contributed by atoms with Crippen molar-refractivity contribution in [2.45, 2.75) is 6.92 Å². The van der Waals surface area contributed by atoms with Crippen LogP contribution in [0, 0.1) is 6.92 Å². The van der Waals surface area contributed by atoms with Crippen molar-refractivity contribution in [3.63, 3.8) is 0 Å². The minimum Gasteiger partial charge on any atom is -0.255 e. The van der Waals surface area contributed by atoms with Crippen LogP contribution in [0.5, 0.6) is 0 Å². The zero-order valence-corrected chi connectivity index (χ0v) is 8.36. The van der Waals surface area contributed by atoms with Crippen LogP contribution in [-0.2, 0) is 0 Å². The standard InChI is InChI=1S/C10H8ClN3/c1-7-10(13-6-9(11)14-7)8-4-2-3-5-12-8/h2-6H,1H3. The van der Waals surface area contributed by atoms with E-state index < -0.39 is 0 Å². The SMILES string of the molecule is Cc1nc(Cl)cnc1-c1ccccn1. The van der Waals surface area contributed by atoms with E-state index in [9.17, 15) is 0 Å². The molecular weight excluding hydrogens is 198 g/mol. The van der Waals surface area contributed by atoms with Crippen LogP contribution in [0.1, 0.15) is 5.69 Å². The van der Waals surface area contributed by atoms with Crippen LogP contribution in [0.3, 0.4) is 0 Å². The van der Waals surface area contributed by atoms with Crippen LogP contribution in [-0.4, -0.2) is 15.0 Å². The summed E-state index contributed by atoms with van der Waals surface area (Å²) in [7, 11) is 0. The molecule has 3 nitrogen and oxygen atoms in total. The highest BCUT2D eigenvalue weighted by Gasteiger charge is 2.05. The minimum atomic E-state index is 0.405. The van der Waals surface area contributed by atoms with E-state index in [0.717, 1.165) is 17.1 Å². The molecule has 0 saturated carbocycles. The third-order valence-electron chi connectivity index (χ3n) is 1.82. The molecule has 70 valence electrons. The van der Waals surface area contributed by atoms with Crippen LogP contribution < -0.4 is 0 Å². The number of pyridine rings is 1. The molecule has 0 N–H and O–H groups in total. The highest BCUT2D eigenvalue weighted by molar-refractivity contribution is 6.29. The van der Waals surface area contributed by atoms with Crippen LogP contribution in [0.25, 0.3) is 11.4 Å². The Bertz CT molecular complexity index is 442. The molecule has 14 heavy (non-hydrogen) atoms. The van der Waals surface area contributed by atoms with Crippen molar-refractivity contribution in [2.75, 3.05) is 0 Å². The molecule has 4 heteroatoms. The number of aryl methyl sites for hydroxylation is 1. The molecule has 2 aromatic rings. The smallest absolute Gasteiger partial charge is 0.147 e. The quantitative estimate of drug-likeness (QED) is 0.718. The molecule has 2 heterocycles. The normalized spacial score (nSPS) is 10.1. The molecule has 0 aliphatic heterocycles. The molecule has 0 spiro atoms. The summed E-state index contributed by atoms with van der Waals surface area (Å²) < 4.78 is 0. The lowest BCUT2D eigenvalue weighted by Gasteiger charge is -2.02. The van der Waals surface area contributed by atoms with Crippen LogP contribution in [0.15, 0.2) is 30.6 Å². The maximum atomic E-state index is 5.71. The van der Waals surface area contributed by atoms with E-state index in [1.54, 1.807) is 6.20 Å². The van der Waals surface area contributed by atoms with Gasteiger partial charge < -0.3 is 0 Å². The second kappa shape index (κ2) is 3.72. The number of nitrogens with zero attached hydrogens (tertiary/aromatic N) is 3. The largest absolute Gasteiger partial charge is 0.255 e. The van der Waals surface area contributed by atoms with Gasteiger partial charge in [0.2, 0.25) is 0 Å². The average molecular weight is 206 g/mol. The van der Waals surface area contributed by atoms with Gasteiger partial charge >= 0.3 is 0 Å². The third-order valence-corrected chi connectivity index (χ3v) is 2.01. The molecule has 0 atom stereocenters. The van der Waals surface area contributed by atoms with E-state index in [0.29, 0.717) is 5.15 Å². The Morgan fingerprint density at radius 1 is 1.21 bits per heavy atom. The summed E-state index contributed by atoms with van der Waals surface area (Å²) >= 11 is 5.71. The molecule has 0 aliphatic rings. The zero-order valence-electron chi connectivity index (χ0n) is 7.61. The van der Waals surface area contributed by atoms with Gasteiger partial charge in [-0.3, -0.25) is 4.98 Å². The van der Waals surface area contributed by atoms with E-state index in [4.69, 9.17) is 11.6 Å². The van der Waals surface area contributed by atoms with Gasteiger partial charge in [0, 0.05) is 6.20 Å². The molecule has 0 amide bonds. The van der Waals surface area contributed by atoms with E-state index in [-0.39, 0.29) is 0 Å². The van der Waals surface area contributed by atoms with Crippen molar-refractivity contribution in [3.05, 3.63) is 41.4 Å². The molecule has 0 aromatic carbocycles. The Balaban J connectivity index is 2.53. The Morgan fingerprint density at radius 2 is 2.07 bits per heavy atom. The van der Waals surface area contributed by atoms with Gasteiger partial charge in [0.1, 0.15) is 10.8 Å². The first kappa shape index (κ1) is 9.09. The summed E-state index contributed by atoms with van der Waals surface area (Å²) in [4.78, 5) is 12.5. The first-order chi connectivity index (χ1) is 6.77. The van der Waals surface area contributed by atoms with Gasteiger partial charge in [0.25, 0.3) is 0 Å². The van der Waals surface area contributed by atoms with Crippen molar-refractivity contribution in [3.8, 4) is 11.4 Å². The maximum absolute atomic E-state index is 5.71. The zero-order chi connectivity index (χ0) is 9.97. The van der Waals surface area contributed by atoms with Crippen LogP contribution >= 0.6 is 11.6 Å². The Labute approximate surface area is 86.8 Å². The molecule has 0 unspecified atom stereocenters. The summed E-state index contributed by atoms with van der Waals surface area (Å²) in [5.41, 5.74) is 2.38. The molecule has 2 aromatic heterocycles. The maximum Gasteiger partial charge on any atom is 0.147 e. The Morgan fingerprint density at radius 3 is 2.71 bits per heavy atom. The second-order valence-electron chi connectivity index (χ2n) is 2.84. The minimum absolute atomic E-state index is 0.405. The van der Waals surface area contributed by atoms with Crippen LogP contribution in [0.4, 0.5) is 0 Å². The molecule has 0 fully saturated rings. The summed E-state index contributed by atoms with van der Waals surface area (Å²) in [6.45, 7) is 1.86. The molecule has 0 bridgehead atoms. The van der Waals surface area contributed by atoms with E-state index >= 15 is 0 Å². The number of rotatable bonds is 1. The van der Waals surface area contributed by atoms with Gasteiger partial charge in [-0.05, 0) is 19.1 Å².